The number of rotatable bonds is 8. The fourth-order valence-corrected chi connectivity index (χ4v) is 5.32. The summed E-state index contributed by atoms with van der Waals surface area (Å²) in [6.45, 7) is 11.2. The standard InChI is InChI=1S/C33H39N3O3/c1-19-13-28(34-22(4)37)7-10-31(19)25-16-26(32-11-8-29(14-20(32)2)35-23(5)38)18-27(17-25)33-12-9-30(15-21(33)3)36-24(6)39/h7-8,10-18,22,24,30,34,36-37,39H,9H2,1-6H3,(H,35,38). The summed E-state index contributed by atoms with van der Waals surface area (Å²) in [7, 11) is 0. The highest BCUT2D eigenvalue weighted by molar-refractivity contribution is 5.90. The summed E-state index contributed by atoms with van der Waals surface area (Å²) >= 11 is 0. The minimum absolute atomic E-state index is 0.0923. The summed E-state index contributed by atoms with van der Waals surface area (Å²) in [5, 5.41) is 28.7. The highest BCUT2D eigenvalue weighted by Crippen LogP contribution is 2.37. The number of benzene rings is 3. The van der Waals surface area contributed by atoms with Crippen molar-refractivity contribution in [1.29, 1.82) is 0 Å². The van der Waals surface area contributed by atoms with E-state index in [0.29, 0.717) is 0 Å². The normalized spacial score (nSPS) is 16.7. The molecule has 6 heteroatoms. The minimum atomic E-state index is -0.631. The summed E-state index contributed by atoms with van der Waals surface area (Å²) in [5.41, 5.74) is 11.7. The van der Waals surface area contributed by atoms with Crippen molar-refractivity contribution in [3.8, 4) is 22.3 Å². The molecule has 1 amide bonds. The number of allylic oxidation sites excluding steroid dienone is 2. The van der Waals surface area contributed by atoms with E-state index in [4.69, 9.17) is 0 Å². The van der Waals surface area contributed by atoms with Crippen molar-refractivity contribution in [2.24, 2.45) is 0 Å². The molecule has 39 heavy (non-hydrogen) atoms. The van der Waals surface area contributed by atoms with E-state index in [0.717, 1.165) is 62.3 Å². The number of aliphatic hydroxyl groups excluding tert-OH is 2. The number of nitrogens with one attached hydrogen (secondary N) is 3. The SMILES string of the molecule is CC(=O)Nc1ccc(-c2cc(C3=CCC(NC(C)O)C=C3C)cc(-c3ccc(NC(C)O)cc3C)c2)c(C)c1. The van der Waals surface area contributed by atoms with Crippen LogP contribution in [0.3, 0.4) is 0 Å². The minimum Gasteiger partial charge on any atom is -0.379 e. The number of anilines is 2. The predicted octanol–water partition coefficient (Wildman–Crippen LogP) is 6.38. The van der Waals surface area contributed by atoms with Crippen LogP contribution in [-0.2, 0) is 4.79 Å². The summed E-state index contributed by atoms with van der Waals surface area (Å²) in [6.07, 6.45) is 4.02. The van der Waals surface area contributed by atoms with Gasteiger partial charge >= 0.3 is 0 Å². The molecule has 3 atom stereocenters. The summed E-state index contributed by atoms with van der Waals surface area (Å²) in [4.78, 5) is 11.6. The second-order valence-corrected chi connectivity index (χ2v) is 10.5. The number of carbonyl (C=O) groups excluding carboxylic acids is 1. The van der Waals surface area contributed by atoms with Gasteiger partial charge in [-0.25, -0.2) is 0 Å². The molecule has 5 N–H and O–H groups in total. The summed E-state index contributed by atoms with van der Waals surface area (Å²) in [5.74, 6) is -0.0923. The lowest BCUT2D eigenvalue weighted by atomic mass is 9.86. The quantitative estimate of drug-likeness (QED) is 0.220. The Balaban J connectivity index is 1.82. The van der Waals surface area contributed by atoms with Gasteiger partial charge in [-0.2, -0.15) is 0 Å². The molecule has 0 aliphatic heterocycles. The Morgan fingerprint density at radius 2 is 1.38 bits per heavy atom. The average molecular weight is 526 g/mol. The van der Waals surface area contributed by atoms with Crippen LogP contribution in [0.15, 0.2) is 72.3 Å². The monoisotopic (exact) mass is 525 g/mol. The van der Waals surface area contributed by atoms with Crippen LogP contribution >= 0.6 is 0 Å². The summed E-state index contributed by atoms with van der Waals surface area (Å²) < 4.78 is 0. The lowest BCUT2D eigenvalue weighted by Gasteiger charge is -2.24. The molecule has 204 valence electrons. The highest BCUT2D eigenvalue weighted by Gasteiger charge is 2.18. The van der Waals surface area contributed by atoms with Crippen molar-refractivity contribution in [3.63, 3.8) is 0 Å². The van der Waals surface area contributed by atoms with Gasteiger partial charge in [0.25, 0.3) is 0 Å². The van der Waals surface area contributed by atoms with Crippen LogP contribution < -0.4 is 16.0 Å². The van der Waals surface area contributed by atoms with Crippen LogP contribution in [0.1, 0.15) is 50.8 Å². The summed E-state index contributed by atoms with van der Waals surface area (Å²) in [6, 6.07) is 18.9. The van der Waals surface area contributed by atoms with E-state index < -0.39 is 12.5 Å². The van der Waals surface area contributed by atoms with Gasteiger partial charge in [-0.1, -0.05) is 24.3 Å². The first-order valence-electron chi connectivity index (χ1n) is 13.4. The van der Waals surface area contributed by atoms with E-state index in [-0.39, 0.29) is 11.9 Å². The van der Waals surface area contributed by atoms with E-state index in [1.807, 2.05) is 18.2 Å². The molecular weight excluding hydrogens is 486 g/mol. The van der Waals surface area contributed by atoms with Crippen molar-refractivity contribution in [1.82, 2.24) is 5.32 Å². The number of aryl methyl sites for hydroxylation is 2. The zero-order valence-electron chi connectivity index (χ0n) is 23.6. The average Bonchev–Trinajstić information content (AvgIpc) is 2.83. The third-order valence-electron chi connectivity index (χ3n) is 6.92. The molecule has 6 nitrogen and oxygen atoms in total. The van der Waals surface area contributed by atoms with Crippen molar-refractivity contribution in [2.75, 3.05) is 10.6 Å². The molecule has 0 radical (unpaired) electrons. The number of carbonyl (C=O) groups is 1. The third kappa shape index (κ3) is 7.03. The molecule has 1 aliphatic carbocycles. The fraction of sp³-hybridized carbons (Fsp3) is 0.303. The molecule has 0 heterocycles. The Morgan fingerprint density at radius 3 is 1.90 bits per heavy atom. The van der Waals surface area contributed by atoms with Crippen LogP contribution in [0.2, 0.25) is 0 Å². The van der Waals surface area contributed by atoms with Crippen molar-refractivity contribution >= 4 is 22.9 Å². The van der Waals surface area contributed by atoms with E-state index in [9.17, 15) is 15.0 Å². The van der Waals surface area contributed by atoms with Gasteiger partial charge in [0.1, 0.15) is 12.5 Å². The van der Waals surface area contributed by atoms with E-state index in [1.54, 1.807) is 13.8 Å². The van der Waals surface area contributed by atoms with E-state index in [2.05, 4.69) is 85.3 Å². The molecular formula is C33H39N3O3. The zero-order valence-corrected chi connectivity index (χ0v) is 23.6. The molecule has 1 aliphatic rings. The molecule has 0 saturated heterocycles. The highest BCUT2D eigenvalue weighted by atomic mass is 16.3. The molecule has 0 spiro atoms. The van der Waals surface area contributed by atoms with Crippen LogP contribution in [0.4, 0.5) is 11.4 Å². The van der Waals surface area contributed by atoms with Gasteiger partial charge in [-0.05, 0) is 134 Å². The first-order chi connectivity index (χ1) is 18.5. The van der Waals surface area contributed by atoms with Crippen LogP contribution in [0.5, 0.6) is 0 Å². The van der Waals surface area contributed by atoms with Crippen molar-refractivity contribution in [2.45, 2.75) is 66.5 Å². The second kappa shape index (κ2) is 12.0. The maximum Gasteiger partial charge on any atom is 0.221 e. The molecule has 0 fully saturated rings. The Hall–Kier alpha value is -3.71. The molecule has 3 unspecified atom stereocenters. The number of aliphatic hydroxyl groups is 2. The Morgan fingerprint density at radius 1 is 0.821 bits per heavy atom. The number of hydrogen-bond donors (Lipinski definition) is 5. The second-order valence-electron chi connectivity index (χ2n) is 10.5. The van der Waals surface area contributed by atoms with Crippen molar-refractivity contribution < 1.29 is 15.0 Å². The number of amides is 1. The molecule has 3 aromatic rings. The Bertz CT molecular complexity index is 1440. The largest absolute Gasteiger partial charge is 0.379 e. The maximum absolute atomic E-state index is 11.6. The maximum atomic E-state index is 11.6. The van der Waals surface area contributed by atoms with Gasteiger partial charge in [-0.3, -0.25) is 10.1 Å². The fourth-order valence-electron chi connectivity index (χ4n) is 5.32. The molecule has 0 aromatic heterocycles. The molecule has 0 bridgehead atoms. The predicted molar refractivity (Wildman–Crippen MR) is 161 cm³/mol. The van der Waals surface area contributed by atoms with Crippen molar-refractivity contribution in [3.05, 3.63) is 89.0 Å². The van der Waals surface area contributed by atoms with Gasteiger partial charge in [-0.15, -0.1) is 0 Å². The topological polar surface area (TPSA) is 93.6 Å². The van der Waals surface area contributed by atoms with Gasteiger partial charge in [0.15, 0.2) is 0 Å². The van der Waals surface area contributed by atoms with Gasteiger partial charge in [0, 0.05) is 24.3 Å². The third-order valence-corrected chi connectivity index (χ3v) is 6.92. The zero-order chi connectivity index (χ0) is 28.3. The van der Waals surface area contributed by atoms with Crippen LogP contribution in [-0.4, -0.2) is 34.6 Å². The van der Waals surface area contributed by atoms with Crippen LogP contribution in [0.25, 0.3) is 27.8 Å². The molecule has 4 rings (SSSR count). The first-order valence-corrected chi connectivity index (χ1v) is 13.4. The lowest BCUT2D eigenvalue weighted by molar-refractivity contribution is -0.114. The van der Waals surface area contributed by atoms with E-state index >= 15 is 0 Å². The molecule has 0 saturated carbocycles. The number of hydrogen-bond acceptors (Lipinski definition) is 5. The van der Waals surface area contributed by atoms with Gasteiger partial charge in [0.2, 0.25) is 5.91 Å². The van der Waals surface area contributed by atoms with Crippen LogP contribution in [0, 0.1) is 13.8 Å². The Kier molecular flexibility index (Phi) is 8.70. The first kappa shape index (κ1) is 28.3. The smallest absolute Gasteiger partial charge is 0.221 e. The lowest BCUT2D eigenvalue weighted by Crippen LogP contribution is -2.35. The Labute approximate surface area is 231 Å². The van der Waals surface area contributed by atoms with E-state index in [1.165, 1.54) is 12.5 Å². The molecule has 3 aromatic carbocycles. The van der Waals surface area contributed by atoms with Gasteiger partial charge < -0.3 is 20.8 Å². The van der Waals surface area contributed by atoms with Gasteiger partial charge in [0.05, 0.1) is 0 Å².